The first kappa shape index (κ1) is 20.4. The molecule has 0 spiro atoms. The molecule has 3 aliphatic carbocycles. The van der Waals surface area contributed by atoms with Crippen LogP contribution in [0.1, 0.15) is 91.0 Å². The van der Waals surface area contributed by atoms with E-state index in [1.54, 1.807) is 0 Å². The summed E-state index contributed by atoms with van der Waals surface area (Å²) in [5.74, 6) is 1.40. The van der Waals surface area contributed by atoms with E-state index in [9.17, 15) is 0 Å². The monoisotopic (exact) mass is 443 g/mol. The smallest absolute Gasteiger partial charge is 0.0783 e. The molecule has 1 heterocycles. The van der Waals surface area contributed by atoms with Gasteiger partial charge >= 0.3 is 0 Å². The standard InChI is InChI=1S/C33H33N/c1-21-16-28-26-13-7-6-12-25(26)19-29(28)30(17-21)33-31-18-24(22-8-2-3-9-22)14-15-27(31)32(20-34-33)23-10-4-5-11-23/h6-7,12-18,20,22-23H,2-5,8-11,19H2,1H3. The van der Waals surface area contributed by atoms with Crippen LogP contribution in [0.25, 0.3) is 33.2 Å². The molecule has 7 rings (SSSR count). The van der Waals surface area contributed by atoms with Crippen LogP contribution in [0, 0.1) is 6.92 Å². The van der Waals surface area contributed by atoms with Gasteiger partial charge in [-0.2, -0.15) is 0 Å². The summed E-state index contributed by atoms with van der Waals surface area (Å²) in [6.07, 6.45) is 14.0. The second-order valence-electron chi connectivity index (χ2n) is 11.0. The lowest BCUT2D eigenvalue weighted by atomic mass is 9.87. The maximum atomic E-state index is 5.27. The number of rotatable bonds is 3. The number of benzene rings is 3. The van der Waals surface area contributed by atoms with Gasteiger partial charge in [-0.05, 0) is 107 Å². The Balaban J connectivity index is 1.46. The molecule has 4 aromatic rings. The summed E-state index contributed by atoms with van der Waals surface area (Å²) in [5.41, 5.74) is 12.6. The van der Waals surface area contributed by atoms with Gasteiger partial charge in [-0.25, -0.2) is 0 Å². The first-order valence-corrected chi connectivity index (χ1v) is 13.4. The summed E-state index contributed by atoms with van der Waals surface area (Å²) in [4.78, 5) is 5.27. The summed E-state index contributed by atoms with van der Waals surface area (Å²) in [6.45, 7) is 2.24. The van der Waals surface area contributed by atoms with Gasteiger partial charge in [0.05, 0.1) is 5.69 Å². The molecule has 0 amide bonds. The Labute approximate surface area is 203 Å². The van der Waals surface area contributed by atoms with E-state index in [1.165, 1.54) is 112 Å². The highest BCUT2D eigenvalue weighted by Crippen LogP contribution is 2.46. The van der Waals surface area contributed by atoms with E-state index in [4.69, 9.17) is 4.98 Å². The van der Waals surface area contributed by atoms with E-state index in [-0.39, 0.29) is 0 Å². The molecule has 0 atom stereocenters. The van der Waals surface area contributed by atoms with Crippen molar-refractivity contribution in [2.24, 2.45) is 0 Å². The number of hydrogen-bond donors (Lipinski definition) is 0. The zero-order chi connectivity index (χ0) is 22.6. The summed E-state index contributed by atoms with van der Waals surface area (Å²) in [6, 6.07) is 21.1. The number of hydrogen-bond acceptors (Lipinski definition) is 1. The first-order chi connectivity index (χ1) is 16.8. The predicted molar refractivity (Wildman–Crippen MR) is 143 cm³/mol. The van der Waals surface area contributed by atoms with Crippen molar-refractivity contribution in [3.05, 3.63) is 88.6 Å². The highest BCUT2D eigenvalue weighted by Gasteiger charge is 2.26. The van der Waals surface area contributed by atoms with Crippen molar-refractivity contribution in [1.82, 2.24) is 4.98 Å². The Bertz CT molecular complexity index is 1400. The molecule has 1 nitrogen and oxygen atoms in total. The van der Waals surface area contributed by atoms with Crippen molar-refractivity contribution in [2.75, 3.05) is 0 Å². The average Bonchev–Trinajstić information content (AvgIpc) is 3.64. The Morgan fingerprint density at radius 3 is 2.26 bits per heavy atom. The first-order valence-electron chi connectivity index (χ1n) is 13.4. The van der Waals surface area contributed by atoms with Crippen molar-refractivity contribution in [2.45, 2.75) is 76.5 Å². The molecule has 0 unspecified atom stereocenters. The Morgan fingerprint density at radius 2 is 1.44 bits per heavy atom. The molecular formula is C33H33N. The summed E-state index contributed by atoms with van der Waals surface area (Å²) < 4.78 is 0. The van der Waals surface area contributed by atoms with E-state index in [0.29, 0.717) is 5.92 Å². The molecule has 0 saturated heterocycles. The van der Waals surface area contributed by atoms with E-state index < -0.39 is 0 Å². The maximum Gasteiger partial charge on any atom is 0.0783 e. The van der Waals surface area contributed by atoms with Gasteiger partial charge in [0.25, 0.3) is 0 Å². The Morgan fingerprint density at radius 1 is 0.706 bits per heavy atom. The molecule has 2 fully saturated rings. The highest BCUT2D eigenvalue weighted by molar-refractivity contribution is 5.99. The quantitative estimate of drug-likeness (QED) is 0.271. The fraction of sp³-hybridized carbons (Fsp3) is 0.364. The van der Waals surface area contributed by atoms with Crippen LogP contribution in [0.15, 0.2) is 60.8 Å². The van der Waals surface area contributed by atoms with Gasteiger partial charge in [0.1, 0.15) is 0 Å². The normalized spacial score (nSPS) is 18.0. The molecule has 2 saturated carbocycles. The molecule has 0 radical (unpaired) electrons. The van der Waals surface area contributed by atoms with E-state index in [0.717, 1.165) is 12.3 Å². The van der Waals surface area contributed by atoms with Gasteiger partial charge in [0, 0.05) is 17.1 Å². The van der Waals surface area contributed by atoms with E-state index in [1.807, 2.05) is 0 Å². The van der Waals surface area contributed by atoms with Gasteiger partial charge in [0.2, 0.25) is 0 Å². The third-order valence-electron chi connectivity index (χ3n) is 8.89. The predicted octanol–water partition coefficient (Wildman–Crippen LogP) is 9.10. The minimum Gasteiger partial charge on any atom is -0.255 e. The van der Waals surface area contributed by atoms with Gasteiger partial charge < -0.3 is 0 Å². The zero-order valence-corrected chi connectivity index (χ0v) is 20.2. The number of pyridine rings is 1. The largest absolute Gasteiger partial charge is 0.255 e. The average molecular weight is 444 g/mol. The second-order valence-corrected chi connectivity index (χ2v) is 11.0. The van der Waals surface area contributed by atoms with Crippen LogP contribution in [0.5, 0.6) is 0 Å². The van der Waals surface area contributed by atoms with Crippen LogP contribution in [-0.2, 0) is 6.42 Å². The van der Waals surface area contributed by atoms with Crippen LogP contribution >= 0.6 is 0 Å². The SMILES string of the molecule is Cc1cc2c(c(-c3ncc(C4CCCC4)c4ccc(C5CCCC5)cc34)c1)Cc1ccccc1-2. The lowest BCUT2D eigenvalue weighted by Crippen LogP contribution is -2.01. The van der Waals surface area contributed by atoms with E-state index >= 15 is 0 Å². The number of nitrogens with zero attached hydrogens (tertiary/aromatic N) is 1. The Hall–Kier alpha value is -2.93. The molecule has 34 heavy (non-hydrogen) atoms. The molecule has 0 bridgehead atoms. The molecular weight excluding hydrogens is 410 g/mol. The summed E-state index contributed by atoms with van der Waals surface area (Å²) in [5, 5.41) is 2.84. The molecule has 1 heteroatoms. The van der Waals surface area contributed by atoms with Crippen LogP contribution in [0.3, 0.4) is 0 Å². The molecule has 1 aromatic heterocycles. The molecule has 0 aliphatic heterocycles. The Kier molecular flexibility index (Phi) is 4.86. The van der Waals surface area contributed by atoms with Crippen molar-refractivity contribution in [3.63, 3.8) is 0 Å². The van der Waals surface area contributed by atoms with Crippen molar-refractivity contribution < 1.29 is 0 Å². The molecule has 3 aliphatic rings. The van der Waals surface area contributed by atoms with Gasteiger partial charge in [-0.3, -0.25) is 4.98 Å². The summed E-state index contributed by atoms with van der Waals surface area (Å²) in [7, 11) is 0. The van der Waals surface area contributed by atoms with Crippen LogP contribution in [0.2, 0.25) is 0 Å². The second kappa shape index (κ2) is 8.08. The molecule has 3 aromatic carbocycles. The number of fused-ring (bicyclic) bond motifs is 4. The topological polar surface area (TPSA) is 12.9 Å². The third-order valence-corrected chi connectivity index (χ3v) is 8.89. The van der Waals surface area contributed by atoms with Crippen molar-refractivity contribution in [3.8, 4) is 22.4 Å². The van der Waals surface area contributed by atoms with Crippen LogP contribution in [0.4, 0.5) is 0 Å². The molecule has 170 valence electrons. The lowest BCUT2D eigenvalue weighted by Gasteiger charge is -2.19. The fourth-order valence-corrected chi connectivity index (χ4v) is 7.16. The van der Waals surface area contributed by atoms with Gasteiger partial charge in [0.15, 0.2) is 0 Å². The minimum atomic E-state index is 0.675. The minimum absolute atomic E-state index is 0.675. The number of aromatic nitrogens is 1. The van der Waals surface area contributed by atoms with Crippen molar-refractivity contribution >= 4 is 10.8 Å². The molecule has 0 N–H and O–H groups in total. The third kappa shape index (κ3) is 3.24. The van der Waals surface area contributed by atoms with Gasteiger partial charge in [-0.15, -0.1) is 0 Å². The fourth-order valence-electron chi connectivity index (χ4n) is 7.16. The summed E-state index contributed by atoms with van der Waals surface area (Å²) >= 11 is 0. The van der Waals surface area contributed by atoms with Gasteiger partial charge in [-0.1, -0.05) is 68.1 Å². The van der Waals surface area contributed by atoms with Crippen molar-refractivity contribution in [1.29, 1.82) is 0 Å². The number of aryl methyl sites for hydroxylation is 1. The lowest BCUT2D eigenvalue weighted by molar-refractivity contribution is 0.721. The zero-order valence-electron chi connectivity index (χ0n) is 20.2. The van der Waals surface area contributed by atoms with E-state index in [2.05, 4.69) is 67.7 Å². The highest BCUT2D eigenvalue weighted by atomic mass is 14.7. The van der Waals surface area contributed by atoms with Crippen LogP contribution < -0.4 is 0 Å². The van der Waals surface area contributed by atoms with Crippen LogP contribution in [-0.4, -0.2) is 4.98 Å². The maximum absolute atomic E-state index is 5.27.